The molecule has 1 fully saturated rings. The highest BCUT2D eigenvalue weighted by Gasteiger charge is 2.17. The van der Waals surface area contributed by atoms with Crippen molar-refractivity contribution in [2.75, 3.05) is 19.7 Å². The number of nitrogens with one attached hydrogen (secondary N) is 1. The van der Waals surface area contributed by atoms with E-state index >= 15 is 0 Å². The molecule has 1 aromatic carbocycles. The molecule has 1 atom stereocenters. The molecule has 0 spiro atoms. The number of nitrogens with zero attached hydrogens (tertiary/aromatic N) is 1. The van der Waals surface area contributed by atoms with Crippen molar-refractivity contribution in [2.45, 2.75) is 6.42 Å². The Morgan fingerprint density at radius 1 is 1.59 bits per heavy atom. The average molecular weight is 299 g/mol. The zero-order valence-electron chi connectivity index (χ0n) is 9.17. The summed E-state index contributed by atoms with van der Waals surface area (Å²) in [5.41, 5.74) is 0.275. The number of hydrogen-bond acceptors (Lipinski definition) is 3. The van der Waals surface area contributed by atoms with Crippen molar-refractivity contribution in [1.82, 2.24) is 5.32 Å². The molecule has 0 aromatic heterocycles. The van der Waals surface area contributed by atoms with Crippen LogP contribution in [0.1, 0.15) is 12.0 Å². The zero-order chi connectivity index (χ0) is 12.3. The Hall–Kier alpha value is -1.12. The molecule has 0 bridgehead atoms. The molecule has 0 aliphatic carbocycles. The lowest BCUT2D eigenvalue weighted by Crippen LogP contribution is -2.16. The van der Waals surface area contributed by atoms with Gasteiger partial charge in [-0.2, -0.15) is 5.26 Å². The number of rotatable bonds is 3. The summed E-state index contributed by atoms with van der Waals surface area (Å²) < 4.78 is 19.4. The van der Waals surface area contributed by atoms with Gasteiger partial charge in [0.05, 0.1) is 16.6 Å². The Morgan fingerprint density at radius 2 is 2.41 bits per heavy atom. The van der Waals surface area contributed by atoms with Crippen LogP contribution in [0.3, 0.4) is 0 Å². The van der Waals surface area contributed by atoms with Crippen LogP contribution in [-0.4, -0.2) is 19.7 Å². The van der Waals surface area contributed by atoms with Crippen molar-refractivity contribution in [1.29, 1.82) is 5.26 Å². The van der Waals surface area contributed by atoms with Gasteiger partial charge in [0, 0.05) is 12.5 Å². The van der Waals surface area contributed by atoms with Crippen LogP contribution in [0, 0.1) is 23.1 Å². The van der Waals surface area contributed by atoms with Gasteiger partial charge in [-0.1, -0.05) is 0 Å². The first-order chi connectivity index (χ1) is 8.22. The van der Waals surface area contributed by atoms with Crippen molar-refractivity contribution < 1.29 is 9.13 Å². The Balaban J connectivity index is 2.06. The topological polar surface area (TPSA) is 45.0 Å². The van der Waals surface area contributed by atoms with Crippen molar-refractivity contribution in [3.8, 4) is 11.8 Å². The molecular formula is C12H12BrFN2O. The minimum Gasteiger partial charge on any atom is -0.490 e. The standard InChI is InChI=1S/C12H12BrFN2O/c13-11-9(5-15)1-2-10(12(11)14)17-7-8-3-4-16-6-8/h1-2,8,16H,3-4,6-7H2. The second-order valence-corrected chi connectivity index (χ2v) is 4.81. The monoisotopic (exact) mass is 298 g/mol. The Bertz CT molecular complexity index is 453. The largest absolute Gasteiger partial charge is 0.490 e. The highest BCUT2D eigenvalue weighted by Crippen LogP contribution is 2.28. The van der Waals surface area contributed by atoms with E-state index < -0.39 is 5.82 Å². The third-order valence-electron chi connectivity index (χ3n) is 2.80. The molecule has 1 saturated heterocycles. The molecule has 0 saturated carbocycles. The molecule has 1 aliphatic rings. The second kappa shape index (κ2) is 5.48. The molecule has 1 N–H and O–H groups in total. The molecule has 1 unspecified atom stereocenters. The first-order valence-corrected chi connectivity index (χ1v) is 6.23. The summed E-state index contributed by atoms with van der Waals surface area (Å²) in [5, 5.41) is 12.0. The third kappa shape index (κ3) is 2.76. The molecular weight excluding hydrogens is 287 g/mol. The summed E-state index contributed by atoms with van der Waals surface area (Å²) in [4.78, 5) is 0. The van der Waals surface area contributed by atoms with Crippen LogP contribution in [0.5, 0.6) is 5.75 Å². The smallest absolute Gasteiger partial charge is 0.180 e. The molecule has 17 heavy (non-hydrogen) atoms. The fraction of sp³-hybridized carbons (Fsp3) is 0.417. The summed E-state index contributed by atoms with van der Waals surface area (Å²) in [7, 11) is 0. The SMILES string of the molecule is N#Cc1ccc(OCC2CCNC2)c(F)c1Br. The van der Waals surface area contributed by atoms with Gasteiger partial charge >= 0.3 is 0 Å². The Labute approximate surface area is 108 Å². The molecule has 2 rings (SSSR count). The normalized spacial score (nSPS) is 19.0. The summed E-state index contributed by atoms with van der Waals surface area (Å²) >= 11 is 3.05. The summed E-state index contributed by atoms with van der Waals surface area (Å²) in [6.45, 7) is 2.41. The van der Waals surface area contributed by atoms with E-state index in [-0.39, 0.29) is 15.8 Å². The van der Waals surface area contributed by atoms with Gasteiger partial charge in [0.2, 0.25) is 0 Å². The van der Waals surface area contributed by atoms with E-state index in [0.29, 0.717) is 12.5 Å². The van der Waals surface area contributed by atoms with Gasteiger partial charge in [0.25, 0.3) is 0 Å². The second-order valence-electron chi connectivity index (χ2n) is 4.02. The van der Waals surface area contributed by atoms with Gasteiger partial charge in [0.15, 0.2) is 11.6 Å². The predicted molar refractivity (Wildman–Crippen MR) is 65.3 cm³/mol. The maximum atomic E-state index is 13.8. The summed E-state index contributed by atoms with van der Waals surface area (Å²) in [6, 6.07) is 4.96. The van der Waals surface area contributed by atoms with Crippen molar-refractivity contribution in [2.24, 2.45) is 5.92 Å². The van der Waals surface area contributed by atoms with Crippen molar-refractivity contribution in [3.63, 3.8) is 0 Å². The maximum Gasteiger partial charge on any atom is 0.180 e. The Kier molecular flexibility index (Phi) is 3.97. The van der Waals surface area contributed by atoms with Gasteiger partial charge in [-0.3, -0.25) is 0 Å². The zero-order valence-corrected chi connectivity index (χ0v) is 10.8. The van der Waals surface area contributed by atoms with E-state index in [1.807, 2.05) is 6.07 Å². The average Bonchev–Trinajstić information content (AvgIpc) is 2.84. The van der Waals surface area contributed by atoms with Gasteiger partial charge in [0.1, 0.15) is 6.07 Å². The number of benzene rings is 1. The number of nitriles is 1. The minimum absolute atomic E-state index is 0.169. The lowest BCUT2D eigenvalue weighted by atomic mass is 10.1. The van der Waals surface area contributed by atoms with Crippen LogP contribution in [0.25, 0.3) is 0 Å². The van der Waals surface area contributed by atoms with Crippen LogP contribution in [0.15, 0.2) is 16.6 Å². The predicted octanol–water partition coefficient (Wildman–Crippen LogP) is 2.45. The lowest BCUT2D eigenvalue weighted by molar-refractivity contribution is 0.249. The van der Waals surface area contributed by atoms with E-state index in [1.54, 1.807) is 6.07 Å². The molecule has 1 heterocycles. The summed E-state index contributed by atoms with van der Waals surface area (Å²) in [5.74, 6) is 0.126. The van der Waals surface area contributed by atoms with Crippen molar-refractivity contribution >= 4 is 15.9 Å². The van der Waals surface area contributed by atoms with E-state index in [2.05, 4.69) is 21.2 Å². The van der Waals surface area contributed by atoms with Gasteiger partial charge < -0.3 is 10.1 Å². The molecule has 90 valence electrons. The first kappa shape index (κ1) is 12.3. The van der Waals surface area contributed by atoms with Crippen LogP contribution in [0.2, 0.25) is 0 Å². The highest BCUT2D eigenvalue weighted by atomic mass is 79.9. The quantitative estimate of drug-likeness (QED) is 0.932. The van der Waals surface area contributed by atoms with Crippen LogP contribution in [-0.2, 0) is 0 Å². The molecule has 1 aromatic rings. The number of hydrogen-bond donors (Lipinski definition) is 1. The minimum atomic E-state index is -0.505. The maximum absolute atomic E-state index is 13.8. The summed E-state index contributed by atoms with van der Waals surface area (Å²) in [6.07, 6.45) is 1.05. The third-order valence-corrected chi connectivity index (χ3v) is 3.58. The molecule has 5 heteroatoms. The molecule has 0 radical (unpaired) electrons. The van der Waals surface area contributed by atoms with E-state index in [9.17, 15) is 4.39 Å². The van der Waals surface area contributed by atoms with E-state index in [0.717, 1.165) is 19.5 Å². The fourth-order valence-electron chi connectivity index (χ4n) is 1.79. The van der Waals surface area contributed by atoms with Crippen LogP contribution < -0.4 is 10.1 Å². The van der Waals surface area contributed by atoms with Gasteiger partial charge in [-0.25, -0.2) is 4.39 Å². The number of halogens is 2. The number of ether oxygens (including phenoxy) is 1. The molecule has 0 amide bonds. The van der Waals surface area contributed by atoms with Gasteiger partial charge in [-0.05, 0) is 41.0 Å². The van der Waals surface area contributed by atoms with Crippen molar-refractivity contribution in [3.05, 3.63) is 28.0 Å². The molecule has 1 aliphatic heterocycles. The van der Waals surface area contributed by atoms with Crippen LogP contribution in [0.4, 0.5) is 4.39 Å². The lowest BCUT2D eigenvalue weighted by Gasteiger charge is -2.12. The fourth-order valence-corrected chi connectivity index (χ4v) is 2.21. The van der Waals surface area contributed by atoms with Crippen LogP contribution >= 0.6 is 15.9 Å². The van der Waals surface area contributed by atoms with E-state index in [1.165, 1.54) is 6.07 Å². The van der Waals surface area contributed by atoms with Gasteiger partial charge in [-0.15, -0.1) is 0 Å². The molecule has 3 nitrogen and oxygen atoms in total. The first-order valence-electron chi connectivity index (χ1n) is 5.44. The van der Waals surface area contributed by atoms with E-state index in [4.69, 9.17) is 10.00 Å². The highest BCUT2D eigenvalue weighted by molar-refractivity contribution is 9.10. The Morgan fingerprint density at radius 3 is 3.06 bits per heavy atom.